The summed E-state index contributed by atoms with van der Waals surface area (Å²) in [5.74, 6) is 0.479. The molecule has 37 heavy (non-hydrogen) atoms. The zero-order valence-corrected chi connectivity index (χ0v) is 27.5. The molecule has 3 rings (SSSR count). The molecule has 6 atom stereocenters. The van der Waals surface area contributed by atoms with Crippen LogP contribution in [0.2, 0.25) is 36.3 Å². The average Bonchev–Trinajstić information content (AvgIpc) is 3.24. The van der Waals surface area contributed by atoms with Gasteiger partial charge in [-0.1, -0.05) is 90.4 Å². The van der Waals surface area contributed by atoms with Crippen LogP contribution in [0.1, 0.15) is 78.4 Å². The Kier molecular flexibility index (Phi) is 8.81. The van der Waals surface area contributed by atoms with Crippen molar-refractivity contribution in [1.29, 1.82) is 0 Å². The smallest absolute Gasteiger partial charge is 0.306 e. The van der Waals surface area contributed by atoms with Crippen LogP contribution < -0.4 is 0 Å². The van der Waals surface area contributed by atoms with Crippen LogP contribution >= 0.6 is 0 Å². The Bertz CT molecular complexity index is 986. The van der Waals surface area contributed by atoms with Crippen molar-refractivity contribution in [1.82, 2.24) is 0 Å². The maximum atomic E-state index is 12.2. The molecule has 4 nitrogen and oxygen atoms in total. The van der Waals surface area contributed by atoms with Crippen LogP contribution in [0.5, 0.6) is 0 Å². The molecule has 1 aliphatic heterocycles. The van der Waals surface area contributed by atoms with Crippen molar-refractivity contribution in [3.8, 4) is 0 Å². The Morgan fingerprint density at radius 2 is 1.65 bits per heavy atom. The van der Waals surface area contributed by atoms with E-state index in [1.54, 1.807) is 0 Å². The van der Waals surface area contributed by atoms with Gasteiger partial charge in [-0.15, -0.1) is 0 Å². The Morgan fingerprint density at radius 3 is 2.22 bits per heavy atom. The highest BCUT2D eigenvalue weighted by Gasteiger charge is 2.52. The van der Waals surface area contributed by atoms with E-state index in [0.29, 0.717) is 6.42 Å². The molecule has 0 amide bonds. The molecule has 2 aliphatic rings. The van der Waals surface area contributed by atoms with Gasteiger partial charge >= 0.3 is 5.97 Å². The zero-order chi connectivity index (χ0) is 28.0. The van der Waals surface area contributed by atoms with Crippen LogP contribution in [0.3, 0.4) is 0 Å². The number of hydrogen-bond acceptors (Lipinski definition) is 4. The average molecular weight is 545 g/mol. The molecule has 1 unspecified atom stereocenters. The first-order chi connectivity index (χ1) is 16.8. The fourth-order valence-corrected chi connectivity index (χ4v) is 7.73. The molecule has 0 bridgehead atoms. The van der Waals surface area contributed by atoms with Crippen LogP contribution in [-0.4, -0.2) is 40.9 Å². The van der Waals surface area contributed by atoms with Crippen molar-refractivity contribution in [2.75, 3.05) is 0 Å². The fraction of sp³-hybridized carbons (Fsp3) is 0.710. The van der Waals surface area contributed by atoms with Gasteiger partial charge in [-0.05, 0) is 48.8 Å². The van der Waals surface area contributed by atoms with E-state index in [1.165, 1.54) is 11.1 Å². The fourth-order valence-electron chi connectivity index (χ4n) is 5.05. The lowest BCUT2D eigenvalue weighted by Crippen LogP contribution is -2.45. The highest BCUT2D eigenvalue weighted by Crippen LogP contribution is 2.47. The minimum atomic E-state index is -2.03. The Hall–Kier alpha value is -1.22. The van der Waals surface area contributed by atoms with Gasteiger partial charge in [0.2, 0.25) is 0 Å². The van der Waals surface area contributed by atoms with E-state index < -0.39 is 16.6 Å². The summed E-state index contributed by atoms with van der Waals surface area (Å²) in [6, 6.07) is 8.78. The number of fused-ring (bicyclic) bond motifs is 1. The van der Waals surface area contributed by atoms with Gasteiger partial charge in [0.25, 0.3) is 0 Å². The largest absolute Gasteiger partial charge is 0.462 e. The van der Waals surface area contributed by atoms with E-state index in [2.05, 4.69) is 118 Å². The van der Waals surface area contributed by atoms with E-state index in [0.717, 1.165) is 6.42 Å². The van der Waals surface area contributed by atoms with E-state index in [9.17, 15) is 4.79 Å². The lowest BCUT2D eigenvalue weighted by molar-refractivity contribution is -0.141. The summed E-state index contributed by atoms with van der Waals surface area (Å²) >= 11 is 0. The van der Waals surface area contributed by atoms with Crippen LogP contribution in [0.15, 0.2) is 36.4 Å². The van der Waals surface area contributed by atoms with Crippen molar-refractivity contribution >= 4 is 22.6 Å². The van der Waals surface area contributed by atoms with Gasteiger partial charge in [0, 0.05) is 24.2 Å². The molecule has 2 fully saturated rings. The monoisotopic (exact) mass is 544 g/mol. The van der Waals surface area contributed by atoms with Crippen molar-refractivity contribution < 1.29 is 18.4 Å². The van der Waals surface area contributed by atoms with Gasteiger partial charge in [0.1, 0.15) is 6.10 Å². The predicted octanol–water partition coefficient (Wildman–Crippen LogP) is 8.39. The number of esters is 1. The molecule has 1 aromatic carbocycles. The molecular formula is C31H52O4Si2. The summed E-state index contributed by atoms with van der Waals surface area (Å²) in [5, 5.41) is 0.243. The molecule has 0 radical (unpaired) electrons. The number of rotatable bonds is 8. The Balaban J connectivity index is 1.95. The van der Waals surface area contributed by atoms with E-state index in [4.69, 9.17) is 13.6 Å². The van der Waals surface area contributed by atoms with Crippen molar-refractivity contribution in [2.24, 2.45) is 11.8 Å². The molecule has 1 saturated carbocycles. The lowest BCUT2D eigenvalue weighted by Gasteiger charge is -2.41. The summed E-state index contributed by atoms with van der Waals surface area (Å²) in [5.41, 5.74) is 2.56. The molecule has 0 aromatic heterocycles. The number of ether oxygens (including phenoxy) is 1. The van der Waals surface area contributed by atoms with Crippen molar-refractivity contribution in [3.05, 3.63) is 47.5 Å². The molecule has 0 N–H and O–H groups in total. The van der Waals surface area contributed by atoms with Gasteiger partial charge < -0.3 is 13.6 Å². The first-order valence-corrected chi connectivity index (χ1v) is 19.9. The van der Waals surface area contributed by atoms with Crippen LogP contribution in [0, 0.1) is 18.8 Å². The Morgan fingerprint density at radius 1 is 1.03 bits per heavy atom. The quantitative estimate of drug-likeness (QED) is 0.187. The molecule has 1 saturated heterocycles. The van der Waals surface area contributed by atoms with Gasteiger partial charge in [-0.2, -0.15) is 0 Å². The summed E-state index contributed by atoms with van der Waals surface area (Å²) in [7, 11) is -4.00. The zero-order valence-electron chi connectivity index (χ0n) is 25.5. The van der Waals surface area contributed by atoms with Gasteiger partial charge in [0.15, 0.2) is 16.6 Å². The summed E-state index contributed by atoms with van der Waals surface area (Å²) in [6.45, 7) is 27.5. The predicted molar refractivity (Wildman–Crippen MR) is 159 cm³/mol. The maximum Gasteiger partial charge on any atom is 0.306 e. The molecule has 6 heteroatoms. The van der Waals surface area contributed by atoms with Gasteiger partial charge in [-0.25, -0.2) is 0 Å². The number of hydrogen-bond donors (Lipinski definition) is 0. The molecule has 208 valence electrons. The Labute approximate surface area is 228 Å². The van der Waals surface area contributed by atoms with E-state index in [-0.39, 0.29) is 52.1 Å². The molecular weight excluding hydrogens is 493 g/mol. The van der Waals surface area contributed by atoms with E-state index in [1.807, 2.05) is 0 Å². The van der Waals surface area contributed by atoms with Crippen LogP contribution in [-0.2, 0) is 18.4 Å². The third kappa shape index (κ3) is 6.87. The minimum Gasteiger partial charge on any atom is -0.462 e. The highest BCUT2D eigenvalue weighted by molar-refractivity contribution is 6.74. The first-order valence-electron chi connectivity index (χ1n) is 14.1. The summed E-state index contributed by atoms with van der Waals surface area (Å²) in [6.07, 6.45) is 5.89. The summed E-state index contributed by atoms with van der Waals surface area (Å²) in [4.78, 5) is 12.2. The van der Waals surface area contributed by atoms with Gasteiger partial charge in [0.05, 0.1) is 18.6 Å². The van der Waals surface area contributed by atoms with Gasteiger partial charge in [-0.3, -0.25) is 4.79 Å². The second-order valence-electron chi connectivity index (χ2n) is 14.6. The lowest BCUT2D eigenvalue weighted by atomic mass is 9.89. The van der Waals surface area contributed by atoms with E-state index >= 15 is 0 Å². The number of benzene rings is 1. The molecule has 0 spiro atoms. The summed E-state index contributed by atoms with van der Waals surface area (Å²) < 4.78 is 19.8. The number of carbonyl (C=O) groups is 1. The second kappa shape index (κ2) is 10.7. The topological polar surface area (TPSA) is 44.8 Å². The molecule has 1 heterocycles. The minimum absolute atomic E-state index is 0.0362. The van der Waals surface area contributed by atoms with Crippen molar-refractivity contribution in [2.45, 2.75) is 129 Å². The highest BCUT2D eigenvalue weighted by atomic mass is 28.4. The first kappa shape index (κ1) is 30.3. The molecule has 1 aliphatic carbocycles. The van der Waals surface area contributed by atoms with Crippen molar-refractivity contribution in [3.63, 3.8) is 0 Å². The SMILES string of the molecule is Cc1cccc(C(C)[C@@H](/C=C/[C@@H]2[C@H]3CC(=O)O[C@H]3C[C@H]2O[Si](C)(C)C(C)(C)C)O[Si](C)(C)C(C)(C)C)c1. The third-order valence-corrected chi connectivity index (χ3v) is 18.6. The van der Waals surface area contributed by atoms with Crippen LogP contribution in [0.4, 0.5) is 0 Å². The molecule has 1 aromatic rings. The maximum absolute atomic E-state index is 12.2. The normalized spacial score (nSPS) is 26.9. The second-order valence-corrected chi connectivity index (χ2v) is 24.1. The number of aryl methyl sites for hydroxylation is 1. The van der Waals surface area contributed by atoms with Crippen LogP contribution in [0.25, 0.3) is 0 Å². The standard InChI is InChI=1S/C31H52O4Si2/c1-21-14-13-15-23(18-21)22(2)26(34-36(9,10)30(3,4)5)17-16-24-25-19-29(32)33-27(25)20-28(24)35-37(11,12)31(6,7)8/h13-18,22,24-28H,19-20H2,1-12H3/b17-16+/t22?,24-,25-,26-,27+,28-/m1/s1. The third-order valence-electron chi connectivity index (χ3n) is 9.62. The number of carbonyl (C=O) groups excluding carboxylic acids is 1.